The first-order valence-corrected chi connectivity index (χ1v) is 7.78. The molecule has 0 saturated carbocycles. The number of imidazole rings is 1. The topological polar surface area (TPSA) is 31.1 Å². The van der Waals surface area contributed by atoms with Gasteiger partial charge in [0.15, 0.2) is 0 Å². The fourth-order valence-electron chi connectivity index (χ4n) is 2.10. The van der Waals surface area contributed by atoms with Gasteiger partial charge in [0.2, 0.25) is 6.33 Å². The molecule has 0 aliphatic carbocycles. The van der Waals surface area contributed by atoms with Gasteiger partial charge in [-0.3, -0.25) is 0 Å². The van der Waals surface area contributed by atoms with Crippen LogP contribution >= 0.6 is 12.2 Å². The molecule has 20 heavy (non-hydrogen) atoms. The summed E-state index contributed by atoms with van der Waals surface area (Å²) < 4.78 is 4.36. The molecule has 1 aromatic heterocycles. The lowest BCUT2D eigenvalue weighted by Crippen LogP contribution is -2.23. The van der Waals surface area contributed by atoms with Crippen LogP contribution in [0.25, 0.3) is 5.41 Å². The van der Waals surface area contributed by atoms with Gasteiger partial charge in [0, 0.05) is 0 Å². The van der Waals surface area contributed by atoms with Gasteiger partial charge in [-0.05, 0) is 25.7 Å². The second kappa shape index (κ2) is 14.2. The summed E-state index contributed by atoms with van der Waals surface area (Å²) in [5.41, 5.74) is 0. The first-order valence-electron chi connectivity index (χ1n) is 7.37. The van der Waals surface area contributed by atoms with E-state index in [0.717, 1.165) is 6.54 Å². The number of nitrogens with zero attached hydrogens (tertiary/aromatic N) is 3. The van der Waals surface area contributed by atoms with Crippen LogP contribution < -0.4 is 4.57 Å². The van der Waals surface area contributed by atoms with Crippen molar-refractivity contribution >= 4 is 17.4 Å². The van der Waals surface area contributed by atoms with Crippen molar-refractivity contribution in [3.63, 3.8) is 0 Å². The van der Waals surface area contributed by atoms with Crippen molar-refractivity contribution in [2.45, 2.75) is 57.9 Å². The monoisotopic (exact) mass is 293 g/mol. The molecule has 1 rings (SSSR count). The molecule has 0 aromatic carbocycles. The van der Waals surface area contributed by atoms with E-state index < -0.39 is 0 Å². The Morgan fingerprint density at radius 3 is 2.25 bits per heavy atom. The Hall–Kier alpha value is -1.25. The highest BCUT2D eigenvalue weighted by molar-refractivity contribution is 7.78. The standard InChI is InChI=1S/C15H27N2.CNS/c1-3-4-5-6-7-8-9-10-11-12-17-14-13-16(2)15-17;2-1-3/h3,13-15H,1,4-12H2,2H3;/q+1;-1. The summed E-state index contributed by atoms with van der Waals surface area (Å²) in [5, 5.41) is 8.47. The van der Waals surface area contributed by atoms with Gasteiger partial charge >= 0.3 is 0 Å². The lowest BCUT2D eigenvalue weighted by Gasteiger charge is -2.00. The number of thiocarbonyl (C=S) groups is 1. The molecule has 0 bridgehead atoms. The summed E-state index contributed by atoms with van der Waals surface area (Å²) >= 11 is 3.70. The quantitative estimate of drug-likeness (QED) is 0.208. The highest BCUT2D eigenvalue weighted by atomic mass is 32.1. The van der Waals surface area contributed by atoms with E-state index in [1.807, 2.05) is 6.08 Å². The van der Waals surface area contributed by atoms with Crippen LogP contribution in [0.1, 0.15) is 51.4 Å². The molecule has 0 amide bonds. The molecule has 3 nitrogen and oxygen atoms in total. The Bertz CT molecular complexity index is 379. The predicted octanol–water partition coefficient (Wildman–Crippen LogP) is 4.28. The number of allylic oxidation sites excluding steroid dienone is 1. The molecule has 0 spiro atoms. The Balaban J connectivity index is 0.00000110. The third-order valence-electron chi connectivity index (χ3n) is 3.15. The molecule has 0 aliphatic rings. The molecule has 4 heteroatoms. The first-order chi connectivity index (χ1) is 9.74. The fraction of sp³-hybridized carbons (Fsp3) is 0.625. The maximum atomic E-state index is 7.13. The molecule has 0 N–H and O–H groups in total. The molecule has 0 saturated heterocycles. The fourth-order valence-corrected chi connectivity index (χ4v) is 2.10. The van der Waals surface area contributed by atoms with E-state index in [-0.39, 0.29) is 0 Å². The van der Waals surface area contributed by atoms with Crippen LogP contribution in [0.3, 0.4) is 0 Å². The molecule has 0 fully saturated rings. The van der Waals surface area contributed by atoms with Crippen LogP contribution in [0.4, 0.5) is 0 Å². The van der Waals surface area contributed by atoms with Crippen molar-refractivity contribution in [3.05, 3.63) is 36.8 Å². The number of aryl methyl sites for hydroxylation is 2. The maximum Gasteiger partial charge on any atom is 0.243 e. The third-order valence-corrected chi connectivity index (χ3v) is 3.15. The zero-order valence-corrected chi connectivity index (χ0v) is 13.4. The van der Waals surface area contributed by atoms with Crippen LogP contribution in [0.15, 0.2) is 31.4 Å². The van der Waals surface area contributed by atoms with E-state index in [9.17, 15) is 0 Å². The molecule has 0 unspecified atom stereocenters. The summed E-state index contributed by atoms with van der Waals surface area (Å²) in [5.74, 6) is 0. The lowest BCUT2D eigenvalue weighted by molar-refractivity contribution is -0.671. The average Bonchev–Trinajstić information content (AvgIpc) is 2.83. The third kappa shape index (κ3) is 11.8. The second-order valence-corrected chi connectivity index (χ2v) is 5.14. The van der Waals surface area contributed by atoms with E-state index in [1.165, 1.54) is 56.5 Å². The number of unbranched alkanes of at least 4 members (excludes halogenated alkanes) is 7. The van der Waals surface area contributed by atoms with Crippen molar-refractivity contribution < 1.29 is 4.57 Å². The van der Waals surface area contributed by atoms with Crippen LogP contribution in [0.2, 0.25) is 0 Å². The van der Waals surface area contributed by atoms with Gasteiger partial charge in [0.05, 0.1) is 13.6 Å². The molecule has 0 aliphatic heterocycles. The smallest absolute Gasteiger partial charge is 0.243 e. The normalized spacial score (nSPS) is 9.45. The molecular formula is C16H27N3S. The summed E-state index contributed by atoms with van der Waals surface area (Å²) in [4.78, 5) is 0. The van der Waals surface area contributed by atoms with E-state index in [1.54, 1.807) is 0 Å². The van der Waals surface area contributed by atoms with E-state index in [2.05, 4.69) is 53.7 Å². The van der Waals surface area contributed by atoms with E-state index in [0.29, 0.717) is 0 Å². The molecule has 0 radical (unpaired) electrons. The zero-order valence-electron chi connectivity index (χ0n) is 12.6. The Kier molecular flexibility index (Phi) is 13.3. The minimum Gasteiger partial charge on any atom is -0.753 e. The van der Waals surface area contributed by atoms with Crippen LogP contribution in [-0.2, 0) is 13.6 Å². The Labute approximate surface area is 128 Å². The highest BCUT2D eigenvalue weighted by Gasteiger charge is 1.99. The van der Waals surface area contributed by atoms with Gasteiger partial charge < -0.3 is 5.41 Å². The first kappa shape index (κ1) is 18.8. The van der Waals surface area contributed by atoms with Crippen LogP contribution in [0, 0.1) is 0 Å². The molecule has 112 valence electrons. The molecule has 1 aromatic rings. The highest BCUT2D eigenvalue weighted by Crippen LogP contribution is 2.09. The Morgan fingerprint density at radius 2 is 1.75 bits per heavy atom. The molecular weight excluding hydrogens is 266 g/mol. The number of hydrogen-bond acceptors (Lipinski definition) is 1. The Morgan fingerprint density at radius 1 is 1.20 bits per heavy atom. The molecule has 1 heterocycles. The van der Waals surface area contributed by atoms with Crippen molar-refractivity contribution in [2.24, 2.45) is 7.05 Å². The summed E-state index contributed by atoms with van der Waals surface area (Å²) in [6.45, 7) is 4.91. The van der Waals surface area contributed by atoms with Gasteiger partial charge in [0.1, 0.15) is 12.4 Å². The number of hydrogen-bond donors (Lipinski definition) is 0. The number of aromatic nitrogens is 2. The minimum absolute atomic E-state index is 1.16. The van der Waals surface area contributed by atoms with Gasteiger partial charge in [-0.15, -0.1) is 6.58 Å². The summed E-state index contributed by atoms with van der Waals surface area (Å²) in [6.07, 6.45) is 19.2. The van der Waals surface area contributed by atoms with Gasteiger partial charge in [-0.1, -0.05) is 44.0 Å². The van der Waals surface area contributed by atoms with Gasteiger partial charge in [-0.25, -0.2) is 9.13 Å². The van der Waals surface area contributed by atoms with Gasteiger partial charge in [0.25, 0.3) is 0 Å². The SMILES string of the molecule is C=CCCCCCCCCCn1cc[n+](C)c1.[N-]=C=S. The van der Waals surface area contributed by atoms with E-state index in [4.69, 9.17) is 5.41 Å². The maximum absolute atomic E-state index is 7.13. The minimum atomic E-state index is 1.16. The number of rotatable bonds is 10. The average molecular weight is 293 g/mol. The number of isothiocyanates is 1. The largest absolute Gasteiger partial charge is 0.753 e. The van der Waals surface area contributed by atoms with Crippen molar-refractivity contribution in [1.82, 2.24) is 4.57 Å². The van der Waals surface area contributed by atoms with E-state index >= 15 is 0 Å². The predicted molar refractivity (Wildman–Crippen MR) is 88.7 cm³/mol. The lowest BCUT2D eigenvalue weighted by atomic mass is 10.1. The van der Waals surface area contributed by atoms with Crippen molar-refractivity contribution in [1.29, 1.82) is 0 Å². The zero-order chi connectivity index (χ0) is 15.1. The van der Waals surface area contributed by atoms with Gasteiger partial charge in [-0.2, -0.15) is 5.16 Å². The van der Waals surface area contributed by atoms with Crippen molar-refractivity contribution in [2.75, 3.05) is 0 Å². The summed E-state index contributed by atoms with van der Waals surface area (Å²) in [6, 6.07) is 0. The van der Waals surface area contributed by atoms with Crippen LogP contribution in [-0.4, -0.2) is 9.73 Å². The van der Waals surface area contributed by atoms with Crippen LogP contribution in [0.5, 0.6) is 0 Å². The van der Waals surface area contributed by atoms with Crippen molar-refractivity contribution in [3.8, 4) is 0 Å². The summed E-state index contributed by atoms with van der Waals surface area (Å²) in [7, 11) is 2.07. The molecule has 0 atom stereocenters. The second-order valence-electron chi connectivity index (χ2n) is 4.96.